The first-order valence-corrected chi connectivity index (χ1v) is 12.2. The number of hydrogen-bond donors (Lipinski definition) is 0. The largest absolute Gasteiger partial charge is 0.497 e. The minimum atomic E-state index is -0.605. The fourth-order valence-electron chi connectivity index (χ4n) is 4.50. The van der Waals surface area contributed by atoms with Crippen molar-refractivity contribution < 1.29 is 14.3 Å². The second-order valence-electron chi connectivity index (χ2n) is 9.91. The summed E-state index contributed by atoms with van der Waals surface area (Å²) in [4.78, 5) is 31.4. The average molecular weight is 496 g/mol. The minimum absolute atomic E-state index is 0.123. The van der Waals surface area contributed by atoms with Gasteiger partial charge in [-0.25, -0.2) is 9.78 Å². The van der Waals surface area contributed by atoms with Gasteiger partial charge in [0.05, 0.1) is 29.2 Å². The van der Waals surface area contributed by atoms with Gasteiger partial charge in [-0.2, -0.15) is 0 Å². The zero-order chi connectivity index (χ0) is 26.2. The van der Waals surface area contributed by atoms with Crippen molar-refractivity contribution in [2.75, 3.05) is 7.11 Å². The molecule has 0 aliphatic carbocycles. The maximum Gasteiger partial charge on any atom is 0.419 e. The van der Waals surface area contributed by atoms with Crippen molar-refractivity contribution in [3.8, 4) is 11.4 Å². The van der Waals surface area contributed by atoms with E-state index >= 15 is 0 Å². The third-order valence-electron chi connectivity index (χ3n) is 6.18. The molecule has 5 aromatic rings. The summed E-state index contributed by atoms with van der Waals surface area (Å²) in [5.74, 6) is 1.35. The Morgan fingerprint density at radius 3 is 2.27 bits per heavy atom. The maximum absolute atomic E-state index is 13.6. The quantitative estimate of drug-likeness (QED) is 0.303. The molecule has 7 nitrogen and oxygen atoms in total. The van der Waals surface area contributed by atoms with Crippen LogP contribution in [0.1, 0.15) is 32.2 Å². The van der Waals surface area contributed by atoms with Gasteiger partial charge in [0.25, 0.3) is 5.56 Å². The van der Waals surface area contributed by atoms with Crippen molar-refractivity contribution in [3.63, 3.8) is 0 Å². The average Bonchev–Trinajstić information content (AvgIpc) is 3.26. The molecule has 5 rings (SSSR count). The predicted molar refractivity (Wildman–Crippen MR) is 145 cm³/mol. The number of carbonyl (C=O) groups excluding carboxylic acids is 1. The van der Waals surface area contributed by atoms with Gasteiger partial charge < -0.3 is 9.47 Å². The molecule has 2 heterocycles. The molecule has 0 saturated heterocycles. The van der Waals surface area contributed by atoms with Gasteiger partial charge in [0.1, 0.15) is 17.2 Å². The van der Waals surface area contributed by atoms with Crippen LogP contribution in [0.15, 0.2) is 83.8 Å². The number of carbonyl (C=O) groups is 1. The summed E-state index contributed by atoms with van der Waals surface area (Å²) in [5, 5.41) is 1.52. The molecule has 0 N–H and O–H groups in total. The van der Waals surface area contributed by atoms with Crippen LogP contribution in [0.4, 0.5) is 4.79 Å². The fourth-order valence-corrected chi connectivity index (χ4v) is 4.50. The summed E-state index contributed by atoms with van der Waals surface area (Å²) < 4.78 is 14.1. The van der Waals surface area contributed by atoms with Crippen LogP contribution >= 0.6 is 0 Å². The summed E-state index contributed by atoms with van der Waals surface area (Å²) in [5.41, 5.74) is 2.41. The first-order valence-electron chi connectivity index (χ1n) is 12.2. The third-order valence-corrected chi connectivity index (χ3v) is 6.18. The van der Waals surface area contributed by atoms with Crippen LogP contribution in [-0.2, 0) is 17.6 Å². The number of aromatic nitrogens is 3. The van der Waals surface area contributed by atoms with Crippen LogP contribution in [-0.4, -0.2) is 32.9 Å². The number of methoxy groups -OCH3 is 1. The monoisotopic (exact) mass is 495 g/mol. The van der Waals surface area contributed by atoms with E-state index in [-0.39, 0.29) is 5.56 Å². The standard InChI is InChI=1S/C30H29N3O4/c1-30(2,3)37-29(35)32-19-20(23-9-6-8-12-26(23)32)13-18-27-31-25-11-7-5-10-24(25)28(34)33(27)21-14-16-22(36-4)17-15-21/h5-12,14-17,19H,13,18H2,1-4H3. The predicted octanol–water partition coefficient (Wildman–Crippen LogP) is 5.92. The van der Waals surface area contributed by atoms with Gasteiger partial charge >= 0.3 is 6.09 Å². The number of benzene rings is 3. The molecule has 0 fully saturated rings. The van der Waals surface area contributed by atoms with Crippen LogP contribution < -0.4 is 10.3 Å². The van der Waals surface area contributed by atoms with E-state index in [1.165, 1.54) is 0 Å². The van der Waals surface area contributed by atoms with E-state index in [1.807, 2.05) is 93.7 Å². The van der Waals surface area contributed by atoms with Crippen molar-refractivity contribution >= 4 is 27.9 Å². The molecule has 0 spiro atoms. The molecule has 0 atom stereocenters. The van der Waals surface area contributed by atoms with Gasteiger partial charge in [-0.05, 0) is 75.2 Å². The van der Waals surface area contributed by atoms with Gasteiger partial charge in [-0.15, -0.1) is 0 Å². The van der Waals surface area contributed by atoms with Crippen molar-refractivity contribution in [3.05, 3.63) is 101 Å². The lowest BCUT2D eigenvalue weighted by atomic mass is 10.1. The Morgan fingerprint density at radius 2 is 1.57 bits per heavy atom. The molecule has 0 aliphatic heterocycles. The number of nitrogens with zero attached hydrogens (tertiary/aromatic N) is 3. The molecular formula is C30H29N3O4. The summed E-state index contributed by atoms with van der Waals surface area (Å²) in [6, 6.07) is 22.5. The second kappa shape index (κ2) is 9.58. The number of rotatable bonds is 5. The molecule has 0 saturated carbocycles. The Bertz CT molecular complexity index is 1660. The number of hydrogen-bond acceptors (Lipinski definition) is 5. The van der Waals surface area contributed by atoms with E-state index in [4.69, 9.17) is 14.5 Å². The zero-order valence-corrected chi connectivity index (χ0v) is 21.4. The molecule has 0 bridgehead atoms. The van der Waals surface area contributed by atoms with Crippen molar-refractivity contribution in [1.29, 1.82) is 0 Å². The highest BCUT2D eigenvalue weighted by molar-refractivity contribution is 5.92. The summed E-state index contributed by atoms with van der Waals surface area (Å²) in [6.07, 6.45) is 2.48. The Balaban J connectivity index is 1.57. The number of fused-ring (bicyclic) bond motifs is 2. The smallest absolute Gasteiger partial charge is 0.419 e. The molecule has 2 aromatic heterocycles. The van der Waals surface area contributed by atoms with E-state index in [1.54, 1.807) is 22.3 Å². The Morgan fingerprint density at radius 1 is 0.892 bits per heavy atom. The highest BCUT2D eigenvalue weighted by Crippen LogP contribution is 2.25. The molecule has 0 unspecified atom stereocenters. The molecule has 37 heavy (non-hydrogen) atoms. The van der Waals surface area contributed by atoms with E-state index in [9.17, 15) is 9.59 Å². The van der Waals surface area contributed by atoms with Gasteiger partial charge in [-0.3, -0.25) is 13.9 Å². The van der Waals surface area contributed by atoms with E-state index in [0.717, 1.165) is 22.2 Å². The summed E-state index contributed by atoms with van der Waals surface area (Å²) >= 11 is 0. The zero-order valence-electron chi connectivity index (χ0n) is 21.4. The Labute approximate surface area is 214 Å². The van der Waals surface area contributed by atoms with Crippen LogP contribution in [0.3, 0.4) is 0 Å². The highest BCUT2D eigenvalue weighted by Gasteiger charge is 2.21. The lowest BCUT2D eigenvalue weighted by Gasteiger charge is -2.19. The van der Waals surface area contributed by atoms with Crippen LogP contribution in [0.5, 0.6) is 5.75 Å². The molecule has 0 radical (unpaired) electrons. The van der Waals surface area contributed by atoms with Crippen molar-refractivity contribution in [2.45, 2.75) is 39.2 Å². The number of ether oxygens (including phenoxy) is 2. The molecular weight excluding hydrogens is 466 g/mol. The first-order chi connectivity index (χ1) is 17.7. The lowest BCUT2D eigenvalue weighted by Crippen LogP contribution is -2.26. The lowest BCUT2D eigenvalue weighted by molar-refractivity contribution is 0.0544. The van der Waals surface area contributed by atoms with Gasteiger partial charge in [0, 0.05) is 18.0 Å². The molecule has 3 aromatic carbocycles. The van der Waals surface area contributed by atoms with Crippen molar-refractivity contribution in [1.82, 2.24) is 14.1 Å². The molecule has 0 aliphatic rings. The topological polar surface area (TPSA) is 75.3 Å². The van der Waals surface area contributed by atoms with E-state index < -0.39 is 11.7 Å². The van der Waals surface area contributed by atoms with Gasteiger partial charge in [-0.1, -0.05) is 30.3 Å². The summed E-state index contributed by atoms with van der Waals surface area (Å²) in [7, 11) is 1.61. The van der Waals surface area contributed by atoms with Crippen LogP contribution in [0.2, 0.25) is 0 Å². The SMILES string of the molecule is COc1ccc(-n2c(CCc3cn(C(=O)OC(C)(C)C)c4ccccc34)nc3ccccc3c2=O)cc1. The summed E-state index contributed by atoms with van der Waals surface area (Å²) in [6.45, 7) is 5.55. The maximum atomic E-state index is 13.6. The van der Waals surface area contributed by atoms with Crippen LogP contribution in [0.25, 0.3) is 27.5 Å². The Hall–Kier alpha value is -4.39. The number of para-hydroxylation sites is 2. The van der Waals surface area contributed by atoms with E-state index in [2.05, 4.69) is 0 Å². The highest BCUT2D eigenvalue weighted by atomic mass is 16.6. The fraction of sp³-hybridized carbons (Fsp3) is 0.233. The van der Waals surface area contributed by atoms with Gasteiger partial charge in [0.15, 0.2) is 0 Å². The molecule has 7 heteroatoms. The number of aryl methyl sites for hydroxylation is 2. The third kappa shape index (κ3) is 4.85. The van der Waals surface area contributed by atoms with Gasteiger partial charge in [0.2, 0.25) is 0 Å². The van der Waals surface area contributed by atoms with Crippen LogP contribution in [0, 0.1) is 0 Å². The van der Waals surface area contributed by atoms with Crippen molar-refractivity contribution in [2.24, 2.45) is 0 Å². The molecule has 0 amide bonds. The normalized spacial score (nSPS) is 11.7. The first kappa shape index (κ1) is 24.3. The van der Waals surface area contributed by atoms with E-state index in [0.29, 0.717) is 35.3 Å². The Kier molecular flexibility index (Phi) is 6.29. The second-order valence-corrected chi connectivity index (χ2v) is 9.91. The molecule has 188 valence electrons. The minimum Gasteiger partial charge on any atom is -0.497 e.